The number of halogens is 1. The third kappa shape index (κ3) is 5.12. The summed E-state index contributed by atoms with van der Waals surface area (Å²) < 4.78 is 6.09. The minimum atomic E-state index is -0.648. The summed E-state index contributed by atoms with van der Waals surface area (Å²) in [6.07, 6.45) is 0. The van der Waals surface area contributed by atoms with Gasteiger partial charge < -0.3 is 15.0 Å². The summed E-state index contributed by atoms with van der Waals surface area (Å²) in [5, 5.41) is 16.3. The summed E-state index contributed by atoms with van der Waals surface area (Å²) in [7, 11) is 2.88. The molecule has 0 aliphatic carbocycles. The Morgan fingerprint density at radius 1 is 1.38 bits per heavy atom. The van der Waals surface area contributed by atoms with E-state index in [0.29, 0.717) is 27.7 Å². The number of carbonyl (C=O) groups excluding carboxylic acids is 2. The van der Waals surface area contributed by atoms with Crippen molar-refractivity contribution >= 4 is 29.1 Å². The molecule has 0 fully saturated rings. The number of likely N-dealkylation sites (N-methyl/N-ethyl adjacent to an activating group) is 1. The van der Waals surface area contributed by atoms with Gasteiger partial charge in [-0.3, -0.25) is 14.4 Å². The topological polar surface area (TPSA) is 117 Å². The average molecular weight is 418 g/mol. The molecule has 0 saturated carbocycles. The SMILES string of the molecule is COc1ccc(Cl)cc1NC(=O)CN(C)C(=O)Cn1nc(C)c(C)c(C#N)c1=O. The van der Waals surface area contributed by atoms with Crippen molar-refractivity contribution in [3.05, 3.63) is 50.4 Å². The van der Waals surface area contributed by atoms with Gasteiger partial charge in [-0.2, -0.15) is 10.4 Å². The molecule has 29 heavy (non-hydrogen) atoms. The van der Waals surface area contributed by atoms with Crippen LogP contribution in [0.15, 0.2) is 23.0 Å². The number of nitrogens with one attached hydrogen (secondary N) is 1. The summed E-state index contributed by atoms with van der Waals surface area (Å²) in [5.41, 5.74) is 0.618. The van der Waals surface area contributed by atoms with Gasteiger partial charge in [-0.1, -0.05) is 11.6 Å². The second-order valence-electron chi connectivity index (χ2n) is 6.30. The molecule has 0 atom stereocenters. The zero-order valence-corrected chi connectivity index (χ0v) is 17.2. The monoisotopic (exact) mass is 417 g/mol. The number of benzene rings is 1. The highest BCUT2D eigenvalue weighted by atomic mass is 35.5. The normalized spacial score (nSPS) is 10.2. The standard InChI is InChI=1S/C19H20ClN5O4/c1-11-12(2)23-25(19(28)14(11)8-21)10-18(27)24(3)9-17(26)22-15-7-13(20)5-6-16(15)29-4/h5-7H,9-10H2,1-4H3,(H,22,26). The Balaban J connectivity index is 2.09. The van der Waals surface area contributed by atoms with Crippen LogP contribution in [0.3, 0.4) is 0 Å². The van der Waals surface area contributed by atoms with Gasteiger partial charge in [0.05, 0.1) is 25.0 Å². The second kappa shape index (κ2) is 9.21. The van der Waals surface area contributed by atoms with Crippen LogP contribution in [-0.4, -0.2) is 47.2 Å². The Kier molecular flexibility index (Phi) is 6.96. The lowest BCUT2D eigenvalue weighted by atomic mass is 10.1. The largest absolute Gasteiger partial charge is 0.495 e. The Labute approximate surface area is 172 Å². The van der Waals surface area contributed by atoms with Gasteiger partial charge in [0.25, 0.3) is 5.56 Å². The van der Waals surface area contributed by atoms with E-state index in [2.05, 4.69) is 10.4 Å². The van der Waals surface area contributed by atoms with Crippen LogP contribution in [0.5, 0.6) is 5.75 Å². The lowest BCUT2D eigenvalue weighted by Crippen LogP contribution is -2.40. The first-order chi connectivity index (χ1) is 13.7. The van der Waals surface area contributed by atoms with Gasteiger partial charge in [-0.25, -0.2) is 4.68 Å². The first-order valence-electron chi connectivity index (χ1n) is 8.53. The maximum Gasteiger partial charge on any atom is 0.285 e. The number of hydrogen-bond acceptors (Lipinski definition) is 6. The van der Waals surface area contributed by atoms with Gasteiger partial charge in [-0.05, 0) is 37.6 Å². The molecule has 2 amide bonds. The molecule has 0 radical (unpaired) electrons. The number of nitriles is 1. The van der Waals surface area contributed by atoms with Crippen LogP contribution in [0, 0.1) is 25.2 Å². The zero-order chi connectivity index (χ0) is 21.7. The molecule has 9 nitrogen and oxygen atoms in total. The smallest absolute Gasteiger partial charge is 0.285 e. The van der Waals surface area contributed by atoms with Crippen molar-refractivity contribution < 1.29 is 14.3 Å². The van der Waals surface area contributed by atoms with Crippen molar-refractivity contribution in [1.82, 2.24) is 14.7 Å². The lowest BCUT2D eigenvalue weighted by molar-refractivity contribution is -0.134. The minimum Gasteiger partial charge on any atom is -0.495 e. The number of anilines is 1. The van der Waals surface area contributed by atoms with Crippen molar-refractivity contribution in [3.8, 4) is 11.8 Å². The number of amides is 2. The Bertz CT molecular complexity index is 1060. The van der Waals surface area contributed by atoms with Crippen LogP contribution >= 0.6 is 11.6 Å². The lowest BCUT2D eigenvalue weighted by Gasteiger charge is -2.18. The highest BCUT2D eigenvalue weighted by molar-refractivity contribution is 6.31. The number of aromatic nitrogens is 2. The summed E-state index contributed by atoms with van der Waals surface area (Å²) in [4.78, 5) is 38.2. The van der Waals surface area contributed by atoms with Crippen LogP contribution in [0.4, 0.5) is 5.69 Å². The van der Waals surface area contributed by atoms with E-state index in [-0.39, 0.29) is 18.7 Å². The molecule has 2 rings (SSSR count). The van der Waals surface area contributed by atoms with E-state index in [1.165, 1.54) is 20.2 Å². The van der Waals surface area contributed by atoms with Crippen molar-refractivity contribution in [2.75, 3.05) is 26.0 Å². The first kappa shape index (κ1) is 21.9. The van der Waals surface area contributed by atoms with Crippen molar-refractivity contribution in [1.29, 1.82) is 5.26 Å². The molecule has 1 aromatic heterocycles. The average Bonchev–Trinajstić information content (AvgIpc) is 2.66. The van der Waals surface area contributed by atoms with E-state index in [4.69, 9.17) is 21.6 Å². The summed E-state index contributed by atoms with van der Waals surface area (Å²) in [5.74, 6) is -0.564. The van der Waals surface area contributed by atoms with E-state index >= 15 is 0 Å². The van der Waals surface area contributed by atoms with E-state index in [1.807, 2.05) is 6.07 Å². The number of nitrogens with zero attached hydrogens (tertiary/aromatic N) is 4. The molecule has 0 bridgehead atoms. The Morgan fingerprint density at radius 2 is 2.07 bits per heavy atom. The predicted octanol–water partition coefficient (Wildman–Crippen LogP) is 1.49. The fourth-order valence-electron chi connectivity index (χ4n) is 2.53. The van der Waals surface area contributed by atoms with E-state index in [0.717, 1.165) is 9.58 Å². The Hall–Kier alpha value is -3.38. The van der Waals surface area contributed by atoms with Crippen molar-refractivity contribution in [3.63, 3.8) is 0 Å². The maximum atomic E-state index is 12.4. The number of hydrogen-bond donors (Lipinski definition) is 1. The molecule has 10 heteroatoms. The molecule has 152 valence electrons. The maximum absolute atomic E-state index is 12.4. The predicted molar refractivity (Wildman–Crippen MR) is 107 cm³/mol. The molecule has 1 N–H and O–H groups in total. The molecule has 1 heterocycles. The summed E-state index contributed by atoms with van der Waals surface area (Å²) in [6.45, 7) is 2.61. The molecule has 2 aromatic rings. The molecule has 0 aliphatic heterocycles. The summed E-state index contributed by atoms with van der Waals surface area (Å²) >= 11 is 5.93. The van der Waals surface area contributed by atoms with E-state index in [1.54, 1.807) is 26.0 Å². The van der Waals surface area contributed by atoms with Crippen molar-refractivity contribution in [2.24, 2.45) is 0 Å². The summed E-state index contributed by atoms with van der Waals surface area (Å²) in [6, 6.07) is 6.60. The molecule has 0 unspecified atom stereocenters. The van der Waals surface area contributed by atoms with Crippen LogP contribution in [0.1, 0.15) is 16.8 Å². The fraction of sp³-hybridized carbons (Fsp3) is 0.316. The number of aryl methyl sites for hydroxylation is 1. The molecule has 1 aromatic carbocycles. The third-order valence-electron chi connectivity index (χ3n) is 4.28. The van der Waals surface area contributed by atoms with Gasteiger partial charge in [0.2, 0.25) is 11.8 Å². The van der Waals surface area contributed by atoms with Crippen molar-refractivity contribution in [2.45, 2.75) is 20.4 Å². The van der Waals surface area contributed by atoms with Crippen LogP contribution in [0.2, 0.25) is 5.02 Å². The molecular weight excluding hydrogens is 398 g/mol. The van der Waals surface area contributed by atoms with Gasteiger partial charge in [0, 0.05) is 12.1 Å². The highest BCUT2D eigenvalue weighted by Crippen LogP contribution is 2.27. The molecule has 0 spiro atoms. The van der Waals surface area contributed by atoms with Crippen LogP contribution in [0.25, 0.3) is 0 Å². The van der Waals surface area contributed by atoms with Gasteiger partial charge in [-0.15, -0.1) is 0 Å². The molecular formula is C19H20ClN5O4. The molecule has 0 saturated heterocycles. The number of rotatable bonds is 6. The first-order valence-corrected chi connectivity index (χ1v) is 8.91. The quantitative estimate of drug-likeness (QED) is 0.760. The third-order valence-corrected chi connectivity index (χ3v) is 4.51. The van der Waals surface area contributed by atoms with E-state index < -0.39 is 17.4 Å². The second-order valence-corrected chi connectivity index (χ2v) is 6.74. The van der Waals surface area contributed by atoms with Gasteiger partial charge >= 0.3 is 0 Å². The minimum absolute atomic E-state index is 0.0567. The molecule has 0 aliphatic rings. The zero-order valence-electron chi connectivity index (χ0n) is 16.4. The van der Waals surface area contributed by atoms with Crippen LogP contribution in [-0.2, 0) is 16.1 Å². The number of ether oxygens (including phenoxy) is 1. The number of methoxy groups -OCH3 is 1. The van der Waals surface area contributed by atoms with Gasteiger partial charge in [0.15, 0.2) is 0 Å². The fourth-order valence-corrected chi connectivity index (χ4v) is 2.70. The van der Waals surface area contributed by atoms with E-state index in [9.17, 15) is 14.4 Å². The highest BCUT2D eigenvalue weighted by Gasteiger charge is 2.18. The van der Waals surface area contributed by atoms with Crippen LogP contribution < -0.4 is 15.6 Å². The Morgan fingerprint density at radius 3 is 2.69 bits per heavy atom. The number of carbonyl (C=O) groups is 2. The van der Waals surface area contributed by atoms with Gasteiger partial charge in [0.1, 0.15) is 23.9 Å².